The van der Waals surface area contributed by atoms with E-state index in [0.717, 1.165) is 16.5 Å². The fourth-order valence-corrected chi connectivity index (χ4v) is 2.37. The topological polar surface area (TPSA) is 50.2 Å². The number of fused-ring (bicyclic) bond motifs is 1. The van der Waals surface area contributed by atoms with Crippen molar-refractivity contribution in [2.75, 3.05) is 0 Å². The van der Waals surface area contributed by atoms with Crippen LogP contribution in [0.4, 0.5) is 0 Å². The first-order valence-electron chi connectivity index (χ1n) is 6.04. The molecular formula is C16H10ClNO2. The maximum atomic E-state index is 11.2. The fraction of sp³-hybridized carbons (Fsp3) is 0. The number of carboxylic acid groups (broad SMARTS) is 1. The highest BCUT2D eigenvalue weighted by Gasteiger charge is 2.12. The SMILES string of the molecule is O=C(O)c1cc(-c2cccc(Cl)c2)c2ccccc2n1. The van der Waals surface area contributed by atoms with Gasteiger partial charge < -0.3 is 5.11 Å². The zero-order chi connectivity index (χ0) is 14.1. The van der Waals surface area contributed by atoms with Crippen LogP contribution in [0, 0.1) is 0 Å². The molecule has 3 aromatic rings. The number of carboxylic acids is 1. The van der Waals surface area contributed by atoms with E-state index in [1.165, 1.54) is 0 Å². The number of aromatic nitrogens is 1. The van der Waals surface area contributed by atoms with Crippen molar-refractivity contribution in [1.82, 2.24) is 4.98 Å². The number of para-hydroxylation sites is 1. The molecule has 1 heterocycles. The number of nitrogens with zero attached hydrogens (tertiary/aromatic N) is 1. The summed E-state index contributed by atoms with van der Waals surface area (Å²) in [5.41, 5.74) is 2.37. The Labute approximate surface area is 120 Å². The predicted molar refractivity (Wildman–Crippen MR) is 79.1 cm³/mol. The molecule has 1 aromatic heterocycles. The van der Waals surface area contributed by atoms with Gasteiger partial charge >= 0.3 is 5.97 Å². The third-order valence-electron chi connectivity index (χ3n) is 3.07. The number of rotatable bonds is 2. The Morgan fingerprint density at radius 1 is 1.05 bits per heavy atom. The van der Waals surface area contributed by atoms with Gasteiger partial charge in [0.1, 0.15) is 5.69 Å². The monoisotopic (exact) mass is 283 g/mol. The summed E-state index contributed by atoms with van der Waals surface area (Å²) < 4.78 is 0. The number of pyridine rings is 1. The maximum absolute atomic E-state index is 11.2. The van der Waals surface area contributed by atoms with Crippen molar-refractivity contribution in [2.24, 2.45) is 0 Å². The molecule has 3 nitrogen and oxygen atoms in total. The van der Waals surface area contributed by atoms with Gasteiger partial charge in [-0.05, 0) is 35.4 Å². The number of aromatic carboxylic acids is 1. The van der Waals surface area contributed by atoms with Crippen molar-refractivity contribution in [1.29, 1.82) is 0 Å². The molecule has 0 amide bonds. The highest BCUT2D eigenvalue weighted by Crippen LogP contribution is 2.30. The first kappa shape index (κ1) is 12.6. The molecule has 0 fully saturated rings. The van der Waals surface area contributed by atoms with Crippen LogP contribution in [0.15, 0.2) is 54.6 Å². The van der Waals surface area contributed by atoms with Gasteiger partial charge in [0.25, 0.3) is 0 Å². The van der Waals surface area contributed by atoms with E-state index in [1.807, 2.05) is 36.4 Å². The van der Waals surface area contributed by atoms with Crippen LogP contribution in [0.5, 0.6) is 0 Å². The Balaban J connectivity index is 2.35. The number of benzene rings is 2. The van der Waals surface area contributed by atoms with Crippen molar-refractivity contribution in [2.45, 2.75) is 0 Å². The van der Waals surface area contributed by atoms with E-state index in [2.05, 4.69) is 4.98 Å². The van der Waals surface area contributed by atoms with Gasteiger partial charge in [-0.15, -0.1) is 0 Å². The zero-order valence-corrected chi connectivity index (χ0v) is 11.1. The normalized spacial score (nSPS) is 10.7. The molecule has 0 atom stereocenters. The predicted octanol–water partition coefficient (Wildman–Crippen LogP) is 4.25. The Morgan fingerprint density at radius 2 is 1.85 bits per heavy atom. The quantitative estimate of drug-likeness (QED) is 0.765. The number of carbonyl (C=O) groups is 1. The van der Waals surface area contributed by atoms with Crippen LogP contribution >= 0.6 is 11.6 Å². The molecule has 3 rings (SSSR count). The molecule has 98 valence electrons. The van der Waals surface area contributed by atoms with Gasteiger partial charge in [-0.1, -0.05) is 41.9 Å². The van der Waals surface area contributed by atoms with Crippen molar-refractivity contribution in [3.8, 4) is 11.1 Å². The Bertz CT molecular complexity index is 814. The summed E-state index contributed by atoms with van der Waals surface area (Å²) in [6.07, 6.45) is 0. The summed E-state index contributed by atoms with van der Waals surface area (Å²) in [4.78, 5) is 15.4. The average Bonchev–Trinajstić information content (AvgIpc) is 2.46. The molecule has 0 saturated heterocycles. The summed E-state index contributed by atoms with van der Waals surface area (Å²) in [6, 6.07) is 16.4. The van der Waals surface area contributed by atoms with E-state index >= 15 is 0 Å². The van der Waals surface area contributed by atoms with Gasteiger partial charge in [0.2, 0.25) is 0 Å². The lowest BCUT2D eigenvalue weighted by atomic mass is 10.00. The van der Waals surface area contributed by atoms with Crippen molar-refractivity contribution in [3.63, 3.8) is 0 Å². The summed E-state index contributed by atoms with van der Waals surface area (Å²) in [5.74, 6) is -1.04. The smallest absolute Gasteiger partial charge is 0.354 e. The minimum Gasteiger partial charge on any atom is -0.477 e. The second kappa shape index (κ2) is 4.94. The fourth-order valence-electron chi connectivity index (χ4n) is 2.18. The lowest BCUT2D eigenvalue weighted by molar-refractivity contribution is 0.0691. The largest absolute Gasteiger partial charge is 0.477 e. The van der Waals surface area contributed by atoms with Crippen LogP contribution in [0.3, 0.4) is 0 Å². The molecule has 0 saturated carbocycles. The minimum atomic E-state index is -1.04. The molecule has 20 heavy (non-hydrogen) atoms. The molecule has 1 N–H and O–H groups in total. The lowest BCUT2D eigenvalue weighted by Gasteiger charge is -2.08. The molecule has 0 aliphatic carbocycles. The standard InChI is InChI=1S/C16H10ClNO2/c17-11-5-3-4-10(8-11)13-9-15(16(19)20)18-14-7-2-1-6-12(13)14/h1-9H,(H,19,20). The van der Waals surface area contributed by atoms with Crippen LogP contribution in [-0.4, -0.2) is 16.1 Å². The Hall–Kier alpha value is -2.39. The zero-order valence-electron chi connectivity index (χ0n) is 10.4. The minimum absolute atomic E-state index is 0.0266. The van der Waals surface area contributed by atoms with E-state index in [9.17, 15) is 9.90 Å². The van der Waals surface area contributed by atoms with Gasteiger partial charge in [-0.3, -0.25) is 0 Å². The molecule has 0 aliphatic rings. The second-order valence-electron chi connectivity index (χ2n) is 4.39. The first-order valence-corrected chi connectivity index (χ1v) is 6.42. The number of hydrogen-bond donors (Lipinski definition) is 1. The van der Waals surface area contributed by atoms with Crippen molar-refractivity contribution in [3.05, 3.63) is 65.3 Å². The number of hydrogen-bond acceptors (Lipinski definition) is 2. The highest BCUT2D eigenvalue weighted by atomic mass is 35.5. The van der Waals surface area contributed by atoms with Crippen LogP contribution in [-0.2, 0) is 0 Å². The molecule has 4 heteroatoms. The van der Waals surface area contributed by atoms with Crippen LogP contribution < -0.4 is 0 Å². The third-order valence-corrected chi connectivity index (χ3v) is 3.31. The summed E-state index contributed by atoms with van der Waals surface area (Å²) in [7, 11) is 0. The number of halogens is 1. The highest BCUT2D eigenvalue weighted by molar-refractivity contribution is 6.30. The molecule has 0 radical (unpaired) electrons. The molecule has 0 bridgehead atoms. The Morgan fingerprint density at radius 3 is 2.60 bits per heavy atom. The van der Waals surface area contributed by atoms with Crippen molar-refractivity contribution >= 4 is 28.5 Å². The van der Waals surface area contributed by atoms with Gasteiger partial charge in [0, 0.05) is 10.4 Å². The van der Waals surface area contributed by atoms with Gasteiger partial charge in [-0.2, -0.15) is 0 Å². The van der Waals surface area contributed by atoms with E-state index in [-0.39, 0.29) is 5.69 Å². The Kier molecular flexibility index (Phi) is 3.12. The van der Waals surface area contributed by atoms with E-state index in [4.69, 9.17) is 11.6 Å². The molecular weight excluding hydrogens is 274 g/mol. The second-order valence-corrected chi connectivity index (χ2v) is 4.82. The van der Waals surface area contributed by atoms with E-state index < -0.39 is 5.97 Å². The molecule has 0 unspecified atom stereocenters. The van der Waals surface area contributed by atoms with Crippen molar-refractivity contribution < 1.29 is 9.90 Å². The molecule has 2 aromatic carbocycles. The van der Waals surface area contributed by atoms with Crippen LogP contribution in [0.1, 0.15) is 10.5 Å². The van der Waals surface area contributed by atoms with Crippen LogP contribution in [0.25, 0.3) is 22.0 Å². The van der Waals surface area contributed by atoms with E-state index in [0.29, 0.717) is 10.5 Å². The maximum Gasteiger partial charge on any atom is 0.354 e. The summed E-state index contributed by atoms with van der Waals surface area (Å²) in [6.45, 7) is 0. The van der Waals surface area contributed by atoms with Gasteiger partial charge in [-0.25, -0.2) is 9.78 Å². The van der Waals surface area contributed by atoms with E-state index in [1.54, 1.807) is 18.2 Å². The third kappa shape index (κ3) is 2.24. The average molecular weight is 284 g/mol. The summed E-state index contributed by atoms with van der Waals surface area (Å²) in [5, 5.41) is 10.7. The van der Waals surface area contributed by atoms with Crippen LogP contribution in [0.2, 0.25) is 5.02 Å². The molecule has 0 spiro atoms. The lowest BCUT2D eigenvalue weighted by Crippen LogP contribution is -2.01. The van der Waals surface area contributed by atoms with Gasteiger partial charge in [0.15, 0.2) is 0 Å². The summed E-state index contributed by atoms with van der Waals surface area (Å²) >= 11 is 6.02. The van der Waals surface area contributed by atoms with Gasteiger partial charge in [0.05, 0.1) is 5.52 Å². The first-order chi connectivity index (χ1) is 9.65. The molecule has 0 aliphatic heterocycles.